The molecule has 4 nitrogen and oxygen atoms in total. The highest BCUT2D eigenvalue weighted by Gasteiger charge is 2.42. The van der Waals surface area contributed by atoms with Crippen LogP contribution in [0.5, 0.6) is 11.5 Å². The van der Waals surface area contributed by atoms with Gasteiger partial charge in [0.15, 0.2) is 23.4 Å². The van der Waals surface area contributed by atoms with Crippen LogP contribution >= 0.6 is 0 Å². The SMILES string of the molecule is CCOC1C(=O)CC1Oc1ccc(C)cc1OC. The topological polar surface area (TPSA) is 44.8 Å². The maximum atomic E-state index is 11.4. The third-order valence-electron chi connectivity index (χ3n) is 3.00. The molecular weight excluding hydrogens is 232 g/mol. The van der Waals surface area contributed by atoms with Crippen molar-refractivity contribution < 1.29 is 19.0 Å². The number of benzene rings is 1. The molecule has 2 rings (SSSR count). The number of ether oxygens (including phenoxy) is 3. The van der Waals surface area contributed by atoms with Crippen LogP contribution in [-0.4, -0.2) is 31.7 Å². The Balaban J connectivity index is 2.08. The summed E-state index contributed by atoms with van der Waals surface area (Å²) in [6, 6.07) is 5.72. The summed E-state index contributed by atoms with van der Waals surface area (Å²) >= 11 is 0. The monoisotopic (exact) mass is 250 g/mol. The summed E-state index contributed by atoms with van der Waals surface area (Å²) in [5.74, 6) is 1.45. The number of ketones is 1. The molecule has 0 bridgehead atoms. The van der Waals surface area contributed by atoms with Crippen LogP contribution in [0.15, 0.2) is 18.2 Å². The van der Waals surface area contributed by atoms with Crippen molar-refractivity contribution in [1.82, 2.24) is 0 Å². The fourth-order valence-electron chi connectivity index (χ4n) is 1.99. The summed E-state index contributed by atoms with van der Waals surface area (Å²) in [6.07, 6.45) is -0.225. The average molecular weight is 250 g/mol. The van der Waals surface area contributed by atoms with Gasteiger partial charge in [-0.2, -0.15) is 0 Å². The zero-order valence-corrected chi connectivity index (χ0v) is 10.9. The molecule has 1 aromatic carbocycles. The van der Waals surface area contributed by atoms with Gasteiger partial charge in [-0.15, -0.1) is 0 Å². The second-order valence-corrected chi connectivity index (χ2v) is 4.36. The van der Waals surface area contributed by atoms with Gasteiger partial charge in [0.25, 0.3) is 0 Å². The van der Waals surface area contributed by atoms with E-state index in [9.17, 15) is 4.79 Å². The summed E-state index contributed by atoms with van der Waals surface area (Å²) in [5.41, 5.74) is 1.10. The Hall–Kier alpha value is -1.55. The number of methoxy groups -OCH3 is 1. The maximum Gasteiger partial charge on any atom is 0.169 e. The molecule has 0 aromatic heterocycles. The van der Waals surface area contributed by atoms with Gasteiger partial charge in [-0.25, -0.2) is 0 Å². The van der Waals surface area contributed by atoms with Crippen LogP contribution in [0.3, 0.4) is 0 Å². The molecule has 0 N–H and O–H groups in total. The first-order valence-corrected chi connectivity index (χ1v) is 6.11. The van der Waals surface area contributed by atoms with Gasteiger partial charge in [0.2, 0.25) is 0 Å². The molecule has 1 fully saturated rings. The molecule has 1 aromatic rings. The zero-order chi connectivity index (χ0) is 13.1. The van der Waals surface area contributed by atoms with Crippen LogP contribution in [0.2, 0.25) is 0 Å². The molecule has 98 valence electrons. The Morgan fingerprint density at radius 1 is 1.33 bits per heavy atom. The number of carbonyl (C=O) groups is 1. The van der Waals surface area contributed by atoms with E-state index in [1.165, 1.54) is 0 Å². The first-order chi connectivity index (χ1) is 8.65. The minimum absolute atomic E-state index is 0.105. The first kappa shape index (κ1) is 12.9. The van der Waals surface area contributed by atoms with Crippen molar-refractivity contribution in [2.24, 2.45) is 0 Å². The molecule has 2 atom stereocenters. The minimum Gasteiger partial charge on any atom is -0.493 e. The summed E-state index contributed by atoms with van der Waals surface area (Å²) in [4.78, 5) is 11.4. The van der Waals surface area contributed by atoms with Gasteiger partial charge in [0.05, 0.1) is 7.11 Å². The number of carbonyl (C=O) groups excluding carboxylic acids is 1. The van der Waals surface area contributed by atoms with Crippen molar-refractivity contribution in [3.8, 4) is 11.5 Å². The molecule has 18 heavy (non-hydrogen) atoms. The molecule has 1 aliphatic rings. The second-order valence-electron chi connectivity index (χ2n) is 4.36. The molecule has 0 radical (unpaired) electrons. The molecule has 1 aliphatic carbocycles. The van der Waals surface area contributed by atoms with Crippen molar-refractivity contribution >= 4 is 5.78 Å². The summed E-state index contributed by atoms with van der Waals surface area (Å²) in [6.45, 7) is 4.37. The highest BCUT2D eigenvalue weighted by atomic mass is 16.6. The third kappa shape index (κ3) is 2.48. The Morgan fingerprint density at radius 3 is 2.72 bits per heavy atom. The van der Waals surface area contributed by atoms with E-state index in [4.69, 9.17) is 14.2 Å². The highest BCUT2D eigenvalue weighted by molar-refractivity contribution is 5.90. The molecule has 0 amide bonds. The van der Waals surface area contributed by atoms with Crippen LogP contribution in [0.4, 0.5) is 0 Å². The zero-order valence-electron chi connectivity index (χ0n) is 10.9. The van der Waals surface area contributed by atoms with Crippen LogP contribution in [0.25, 0.3) is 0 Å². The predicted molar refractivity (Wildman–Crippen MR) is 67.2 cm³/mol. The molecule has 0 saturated heterocycles. The lowest BCUT2D eigenvalue weighted by molar-refractivity contribution is -0.154. The third-order valence-corrected chi connectivity index (χ3v) is 3.00. The van der Waals surface area contributed by atoms with E-state index in [2.05, 4.69) is 0 Å². The molecule has 2 unspecified atom stereocenters. The lowest BCUT2D eigenvalue weighted by Crippen LogP contribution is -2.52. The van der Waals surface area contributed by atoms with E-state index in [0.29, 0.717) is 24.5 Å². The van der Waals surface area contributed by atoms with Crippen LogP contribution in [0.1, 0.15) is 18.9 Å². The van der Waals surface area contributed by atoms with Gasteiger partial charge in [-0.05, 0) is 31.5 Å². The summed E-state index contributed by atoms with van der Waals surface area (Å²) < 4.78 is 16.4. The second kappa shape index (κ2) is 5.40. The minimum atomic E-state index is -0.430. The van der Waals surface area contributed by atoms with E-state index in [0.717, 1.165) is 5.56 Å². The average Bonchev–Trinajstić information content (AvgIpc) is 2.37. The Morgan fingerprint density at radius 2 is 2.11 bits per heavy atom. The fraction of sp³-hybridized carbons (Fsp3) is 0.500. The largest absolute Gasteiger partial charge is 0.493 e. The lowest BCUT2D eigenvalue weighted by atomic mass is 9.90. The number of rotatable bonds is 5. The van der Waals surface area contributed by atoms with E-state index >= 15 is 0 Å². The molecule has 0 aliphatic heterocycles. The Bertz CT molecular complexity index is 441. The normalized spacial score (nSPS) is 22.5. The number of hydrogen-bond donors (Lipinski definition) is 0. The van der Waals surface area contributed by atoms with E-state index in [1.54, 1.807) is 7.11 Å². The molecular formula is C14H18O4. The lowest BCUT2D eigenvalue weighted by Gasteiger charge is -2.34. The maximum absolute atomic E-state index is 11.4. The van der Waals surface area contributed by atoms with Crippen molar-refractivity contribution in [2.45, 2.75) is 32.5 Å². The van der Waals surface area contributed by atoms with Gasteiger partial charge in [-0.1, -0.05) is 6.07 Å². The predicted octanol–water partition coefficient (Wildman–Crippen LogP) is 2.13. The quantitative estimate of drug-likeness (QED) is 0.803. The van der Waals surface area contributed by atoms with Crippen LogP contribution < -0.4 is 9.47 Å². The van der Waals surface area contributed by atoms with Crippen molar-refractivity contribution in [2.75, 3.05) is 13.7 Å². The standard InChI is InChI=1S/C14H18O4/c1-4-17-14-10(15)8-13(14)18-11-6-5-9(2)7-12(11)16-3/h5-7,13-14H,4,8H2,1-3H3. The van der Waals surface area contributed by atoms with Gasteiger partial charge in [0, 0.05) is 13.0 Å². The number of Topliss-reactive ketones (excluding diaryl/α,β-unsaturated/α-hetero) is 1. The summed E-state index contributed by atoms with van der Waals surface area (Å²) in [5, 5.41) is 0. The highest BCUT2D eigenvalue weighted by Crippen LogP contribution is 2.32. The molecule has 0 spiro atoms. The van der Waals surface area contributed by atoms with Gasteiger partial charge < -0.3 is 14.2 Å². The van der Waals surface area contributed by atoms with E-state index in [-0.39, 0.29) is 11.9 Å². The van der Waals surface area contributed by atoms with Crippen LogP contribution in [-0.2, 0) is 9.53 Å². The Labute approximate surface area is 107 Å². The van der Waals surface area contributed by atoms with Crippen molar-refractivity contribution in [1.29, 1.82) is 0 Å². The Kier molecular flexibility index (Phi) is 3.87. The number of hydrogen-bond acceptors (Lipinski definition) is 4. The molecule has 4 heteroatoms. The smallest absolute Gasteiger partial charge is 0.169 e. The summed E-state index contributed by atoms with van der Waals surface area (Å²) in [7, 11) is 1.60. The molecule has 1 saturated carbocycles. The van der Waals surface area contributed by atoms with Gasteiger partial charge >= 0.3 is 0 Å². The van der Waals surface area contributed by atoms with E-state index < -0.39 is 6.10 Å². The fourth-order valence-corrected chi connectivity index (χ4v) is 1.99. The van der Waals surface area contributed by atoms with Crippen molar-refractivity contribution in [3.05, 3.63) is 23.8 Å². The molecule has 0 heterocycles. The van der Waals surface area contributed by atoms with Crippen LogP contribution in [0, 0.1) is 6.92 Å². The first-order valence-electron chi connectivity index (χ1n) is 6.11. The van der Waals surface area contributed by atoms with Gasteiger partial charge in [-0.3, -0.25) is 4.79 Å². The van der Waals surface area contributed by atoms with E-state index in [1.807, 2.05) is 32.0 Å². The number of aryl methyl sites for hydroxylation is 1. The van der Waals surface area contributed by atoms with Gasteiger partial charge in [0.1, 0.15) is 6.10 Å². The van der Waals surface area contributed by atoms with Crippen molar-refractivity contribution in [3.63, 3.8) is 0 Å².